The van der Waals surface area contributed by atoms with E-state index in [-0.39, 0.29) is 0 Å². The van der Waals surface area contributed by atoms with E-state index in [1.165, 1.54) is 4.70 Å². The molecule has 0 bridgehead atoms. The van der Waals surface area contributed by atoms with E-state index in [1.54, 1.807) is 23.9 Å². The summed E-state index contributed by atoms with van der Waals surface area (Å²) in [7, 11) is 1.97. The normalized spacial score (nSPS) is 13.0. The predicted octanol–water partition coefficient (Wildman–Crippen LogP) is 5.29. The van der Waals surface area contributed by atoms with Crippen molar-refractivity contribution < 1.29 is 0 Å². The number of aryl methyl sites for hydroxylation is 1. The fraction of sp³-hybridized carbons (Fsp3) is 0.0800. The summed E-state index contributed by atoms with van der Waals surface area (Å²) in [4.78, 5) is 9.69. The number of fused-ring (bicyclic) bond motifs is 1. The van der Waals surface area contributed by atoms with Crippen molar-refractivity contribution in [2.75, 3.05) is 0 Å². The lowest BCUT2D eigenvalue weighted by atomic mass is 9.85. The average molecular weight is 454 g/mol. The van der Waals surface area contributed by atoms with Gasteiger partial charge in [0.2, 0.25) is 0 Å². The zero-order chi connectivity index (χ0) is 22.1. The molecule has 5 nitrogen and oxygen atoms in total. The van der Waals surface area contributed by atoms with Gasteiger partial charge in [-0.1, -0.05) is 43.1 Å². The molecular weight excluding hydrogens is 434 g/mol. The van der Waals surface area contributed by atoms with Gasteiger partial charge in [-0.25, -0.2) is 9.71 Å². The molecule has 3 aromatic heterocycles. The number of nitrogens with zero attached hydrogens (tertiary/aromatic N) is 4. The summed E-state index contributed by atoms with van der Waals surface area (Å²) >= 11 is 6.32. The monoisotopic (exact) mass is 453 g/mol. The second-order valence-electron chi connectivity index (χ2n) is 7.55. The second-order valence-corrected chi connectivity index (χ2v) is 8.85. The summed E-state index contributed by atoms with van der Waals surface area (Å²) in [5.41, 5.74) is 4.03. The number of thiol groups is 1. The molecule has 0 aliphatic carbocycles. The zero-order valence-electron chi connectivity index (χ0n) is 17.2. The Bertz CT molecular complexity index is 1430. The molecule has 0 radical (unpaired) electrons. The summed E-state index contributed by atoms with van der Waals surface area (Å²) in [6, 6.07) is 22.5. The number of imidazole rings is 1. The fourth-order valence-corrected chi connectivity index (χ4v) is 5.76. The number of hydrogen-bond donors (Lipinski definition) is 2. The maximum absolute atomic E-state index is 9.25. The Morgan fingerprint density at radius 2 is 1.88 bits per heavy atom. The summed E-state index contributed by atoms with van der Waals surface area (Å²) in [5, 5.41) is 10.4. The number of nitriles is 1. The van der Waals surface area contributed by atoms with E-state index in [1.807, 2.05) is 54.3 Å². The minimum Gasteiger partial charge on any atom is -0.335 e. The van der Waals surface area contributed by atoms with E-state index >= 15 is 0 Å². The first-order valence-electron chi connectivity index (χ1n) is 9.99. The topological polar surface area (TPSA) is 66.5 Å². The van der Waals surface area contributed by atoms with Crippen molar-refractivity contribution in [2.45, 2.75) is 5.54 Å². The van der Waals surface area contributed by atoms with Gasteiger partial charge in [0.05, 0.1) is 29.9 Å². The second kappa shape index (κ2) is 8.24. The van der Waals surface area contributed by atoms with Gasteiger partial charge >= 0.3 is 0 Å². The van der Waals surface area contributed by atoms with Gasteiger partial charge in [0.15, 0.2) is 0 Å². The van der Waals surface area contributed by atoms with Gasteiger partial charge in [-0.3, -0.25) is 4.98 Å². The number of pyridine rings is 1. The Balaban J connectivity index is 1.72. The van der Waals surface area contributed by atoms with E-state index in [4.69, 9.17) is 0 Å². The zero-order valence-corrected chi connectivity index (χ0v) is 18.9. The molecule has 0 saturated heterocycles. The molecule has 0 saturated carbocycles. The predicted molar refractivity (Wildman–Crippen MR) is 131 cm³/mol. The molecule has 0 amide bonds. The Kier molecular flexibility index (Phi) is 5.27. The largest absolute Gasteiger partial charge is 0.335 e. The van der Waals surface area contributed by atoms with E-state index in [0.29, 0.717) is 5.56 Å². The van der Waals surface area contributed by atoms with Crippen LogP contribution in [0.4, 0.5) is 0 Å². The first kappa shape index (κ1) is 20.5. The third-order valence-electron chi connectivity index (χ3n) is 5.70. The van der Waals surface area contributed by atoms with Crippen molar-refractivity contribution >= 4 is 34.2 Å². The van der Waals surface area contributed by atoms with Gasteiger partial charge in [-0.15, -0.1) is 11.3 Å². The molecule has 1 unspecified atom stereocenters. The van der Waals surface area contributed by atoms with E-state index in [2.05, 4.69) is 63.9 Å². The number of thiophene rings is 1. The minimum absolute atomic E-state index is 0.615. The average Bonchev–Trinajstić information content (AvgIpc) is 3.47. The molecule has 1 atom stereocenters. The highest BCUT2D eigenvalue weighted by atomic mass is 32.1. The Morgan fingerprint density at radius 1 is 1.03 bits per heavy atom. The van der Waals surface area contributed by atoms with Crippen LogP contribution in [0.25, 0.3) is 21.2 Å². The minimum atomic E-state index is -0.736. The van der Waals surface area contributed by atoms with Gasteiger partial charge in [-0.2, -0.15) is 5.26 Å². The van der Waals surface area contributed by atoms with Crippen LogP contribution in [0.1, 0.15) is 21.7 Å². The standard InChI is InChI=1S/C25H19N5S2/c1-30-16-28-15-23(30)25(29-31,21-8-4-17(13-26)5-9-21)24-12-19-7-6-18(11-22(19)32-24)20-3-2-10-27-14-20/h2-12,14-16,29,31H,1H3. The highest BCUT2D eigenvalue weighted by molar-refractivity contribution is 7.78. The van der Waals surface area contributed by atoms with Gasteiger partial charge in [0.25, 0.3) is 0 Å². The molecule has 5 rings (SSSR count). The first-order chi connectivity index (χ1) is 15.7. The third kappa shape index (κ3) is 3.30. The lowest BCUT2D eigenvalue weighted by molar-refractivity contribution is 0.569. The summed E-state index contributed by atoms with van der Waals surface area (Å²) < 4.78 is 6.45. The van der Waals surface area contributed by atoms with Crippen LogP contribution in [0.3, 0.4) is 0 Å². The highest BCUT2D eigenvalue weighted by Crippen LogP contribution is 2.43. The number of aromatic nitrogens is 3. The van der Waals surface area contributed by atoms with Crippen LogP contribution in [-0.2, 0) is 12.6 Å². The fourth-order valence-electron chi connectivity index (χ4n) is 4.04. The number of rotatable bonds is 5. The van der Waals surface area contributed by atoms with Gasteiger partial charge < -0.3 is 4.57 Å². The van der Waals surface area contributed by atoms with Crippen molar-refractivity contribution in [2.24, 2.45) is 7.05 Å². The highest BCUT2D eigenvalue weighted by Gasteiger charge is 2.39. The molecule has 156 valence electrons. The van der Waals surface area contributed by atoms with Crippen LogP contribution in [-0.4, -0.2) is 14.5 Å². The van der Waals surface area contributed by atoms with Gasteiger partial charge in [0, 0.05) is 34.6 Å². The van der Waals surface area contributed by atoms with Crippen LogP contribution in [0.2, 0.25) is 0 Å². The molecule has 3 heterocycles. The number of nitrogens with one attached hydrogen (secondary N) is 1. The first-order valence-corrected chi connectivity index (χ1v) is 11.3. The smallest absolute Gasteiger partial charge is 0.129 e. The van der Waals surface area contributed by atoms with Crippen molar-refractivity contribution in [1.82, 2.24) is 19.3 Å². The third-order valence-corrected chi connectivity index (χ3v) is 7.25. The number of hydrogen-bond acceptors (Lipinski definition) is 6. The van der Waals surface area contributed by atoms with E-state index in [9.17, 15) is 5.26 Å². The van der Waals surface area contributed by atoms with Crippen molar-refractivity contribution in [3.63, 3.8) is 0 Å². The van der Waals surface area contributed by atoms with Crippen LogP contribution in [0.15, 0.2) is 85.6 Å². The summed E-state index contributed by atoms with van der Waals surface area (Å²) in [6.07, 6.45) is 7.30. The van der Waals surface area contributed by atoms with Crippen molar-refractivity contribution in [3.8, 4) is 17.2 Å². The van der Waals surface area contributed by atoms with Crippen molar-refractivity contribution in [1.29, 1.82) is 5.26 Å². The molecule has 32 heavy (non-hydrogen) atoms. The lowest BCUT2D eigenvalue weighted by Gasteiger charge is -2.33. The molecule has 7 heteroatoms. The lowest BCUT2D eigenvalue weighted by Crippen LogP contribution is -2.40. The van der Waals surface area contributed by atoms with Crippen LogP contribution < -0.4 is 4.72 Å². The Morgan fingerprint density at radius 3 is 2.53 bits per heavy atom. The molecule has 1 N–H and O–H groups in total. The molecule has 2 aromatic carbocycles. The molecule has 5 aromatic rings. The SMILES string of the molecule is Cn1cncc1C(NS)(c1ccc(C#N)cc1)c1cc2ccc(-c3cccnc3)cc2s1. The molecule has 0 aliphatic rings. The Labute approximate surface area is 195 Å². The van der Waals surface area contributed by atoms with Crippen LogP contribution >= 0.6 is 24.2 Å². The summed E-state index contributed by atoms with van der Waals surface area (Å²) in [6.45, 7) is 0. The van der Waals surface area contributed by atoms with Gasteiger partial charge in [0.1, 0.15) is 5.54 Å². The maximum atomic E-state index is 9.25. The maximum Gasteiger partial charge on any atom is 0.129 e. The van der Waals surface area contributed by atoms with Crippen LogP contribution in [0, 0.1) is 11.3 Å². The summed E-state index contributed by atoms with van der Waals surface area (Å²) in [5.74, 6) is 0. The van der Waals surface area contributed by atoms with E-state index < -0.39 is 5.54 Å². The van der Waals surface area contributed by atoms with E-state index in [0.717, 1.165) is 32.6 Å². The molecule has 0 aliphatic heterocycles. The van der Waals surface area contributed by atoms with Gasteiger partial charge in [-0.05, 0) is 46.8 Å². The number of benzene rings is 2. The van der Waals surface area contributed by atoms with Crippen molar-refractivity contribution in [3.05, 3.63) is 107 Å². The quantitative estimate of drug-likeness (QED) is 0.355. The molecule has 0 spiro atoms. The Hall–Kier alpha value is -3.44. The molecular formula is C25H19N5S2. The molecule has 0 fully saturated rings. The van der Waals surface area contributed by atoms with Crippen LogP contribution in [0.5, 0.6) is 0 Å².